The summed E-state index contributed by atoms with van der Waals surface area (Å²) < 4.78 is 17.5. The number of hydrogen-bond donors (Lipinski definition) is 2. The maximum absolute atomic E-state index is 13.8. The summed E-state index contributed by atoms with van der Waals surface area (Å²) >= 11 is 6.84. The Morgan fingerprint density at radius 2 is 1.68 bits per heavy atom. The van der Waals surface area contributed by atoms with Crippen molar-refractivity contribution in [2.24, 2.45) is 0 Å². The number of carboxylic acid groups (broad SMARTS) is 1. The number of aromatic carboxylic acids is 1. The lowest BCUT2D eigenvalue weighted by Crippen LogP contribution is -2.48. The van der Waals surface area contributed by atoms with Crippen molar-refractivity contribution in [3.8, 4) is 0 Å². The van der Waals surface area contributed by atoms with Gasteiger partial charge in [0.2, 0.25) is 0 Å². The molecule has 0 spiro atoms. The third kappa shape index (κ3) is 8.54. The van der Waals surface area contributed by atoms with Crippen molar-refractivity contribution in [3.63, 3.8) is 0 Å². The van der Waals surface area contributed by atoms with E-state index in [1.165, 1.54) is 19.2 Å². The first kappa shape index (κ1) is 30.8. The van der Waals surface area contributed by atoms with Crippen molar-refractivity contribution in [2.45, 2.75) is 70.0 Å². The highest BCUT2D eigenvalue weighted by Gasteiger charge is 2.43. The fourth-order valence-corrected chi connectivity index (χ4v) is 4.54. The molecule has 0 aliphatic rings. The van der Waals surface area contributed by atoms with Crippen LogP contribution in [0.4, 0.5) is 5.69 Å². The van der Waals surface area contributed by atoms with Crippen molar-refractivity contribution in [3.05, 3.63) is 65.2 Å². The van der Waals surface area contributed by atoms with Gasteiger partial charge in [0.05, 0.1) is 29.8 Å². The van der Waals surface area contributed by atoms with Gasteiger partial charge in [0.25, 0.3) is 5.91 Å². The van der Waals surface area contributed by atoms with Gasteiger partial charge < -0.3 is 24.6 Å². The highest BCUT2D eigenvalue weighted by molar-refractivity contribution is 6.24. The zero-order chi connectivity index (χ0) is 27.8. The molecule has 0 saturated heterocycles. The minimum absolute atomic E-state index is 0.0795. The SMILES string of the molecule is CCOCCOC(C(c1ccccc1)C(OC)C(=O)Nc1cc(C(=O)O)ccc1C(C)(C)C)C(C)(C)Cl. The van der Waals surface area contributed by atoms with Gasteiger partial charge in [-0.2, -0.15) is 0 Å². The Morgan fingerprint density at radius 3 is 2.19 bits per heavy atom. The number of alkyl halides is 1. The minimum atomic E-state index is -1.08. The van der Waals surface area contributed by atoms with Gasteiger partial charge >= 0.3 is 5.97 Å². The van der Waals surface area contributed by atoms with Crippen LogP contribution in [-0.4, -0.2) is 61.0 Å². The summed E-state index contributed by atoms with van der Waals surface area (Å²) in [5.41, 5.74) is 1.79. The Labute approximate surface area is 225 Å². The second-order valence-electron chi connectivity index (χ2n) is 10.5. The summed E-state index contributed by atoms with van der Waals surface area (Å²) in [5, 5.41) is 12.5. The zero-order valence-electron chi connectivity index (χ0n) is 22.8. The summed E-state index contributed by atoms with van der Waals surface area (Å²) in [5.74, 6) is -2.07. The fraction of sp³-hybridized carbons (Fsp3) is 0.517. The van der Waals surface area contributed by atoms with Crippen molar-refractivity contribution < 1.29 is 28.9 Å². The topological polar surface area (TPSA) is 94.1 Å². The second-order valence-corrected chi connectivity index (χ2v) is 11.4. The van der Waals surface area contributed by atoms with Crippen LogP contribution in [-0.2, 0) is 24.4 Å². The molecule has 2 N–H and O–H groups in total. The molecule has 8 heteroatoms. The average molecular weight is 534 g/mol. The number of rotatable bonds is 13. The van der Waals surface area contributed by atoms with Crippen LogP contribution < -0.4 is 5.32 Å². The summed E-state index contributed by atoms with van der Waals surface area (Å²) in [6, 6.07) is 14.3. The van der Waals surface area contributed by atoms with E-state index in [-0.39, 0.29) is 11.0 Å². The van der Waals surface area contributed by atoms with E-state index < -0.39 is 34.9 Å². The fourth-order valence-electron chi connectivity index (χ4n) is 4.35. The molecular formula is C29H40ClNO6. The predicted molar refractivity (Wildman–Crippen MR) is 147 cm³/mol. The van der Waals surface area contributed by atoms with Crippen LogP contribution in [0.25, 0.3) is 0 Å². The van der Waals surface area contributed by atoms with Crippen LogP contribution >= 0.6 is 11.6 Å². The zero-order valence-corrected chi connectivity index (χ0v) is 23.6. The molecule has 1 amide bonds. The number of nitrogens with one attached hydrogen (secondary N) is 1. The van der Waals surface area contributed by atoms with E-state index in [2.05, 4.69) is 5.32 Å². The van der Waals surface area contributed by atoms with Gasteiger partial charge in [0, 0.05) is 25.3 Å². The first-order valence-corrected chi connectivity index (χ1v) is 12.8. The Bertz CT molecular complexity index is 1030. The molecule has 0 bridgehead atoms. The van der Waals surface area contributed by atoms with Gasteiger partial charge in [-0.1, -0.05) is 57.2 Å². The van der Waals surface area contributed by atoms with Crippen molar-refractivity contribution in [2.75, 3.05) is 32.2 Å². The molecule has 0 fully saturated rings. The smallest absolute Gasteiger partial charge is 0.335 e. The van der Waals surface area contributed by atoms with Crippen molar-refractivity contribution >= 4 is 29.2 Å². The van der Waals surface area contributed by atoms with E-state index >= 15 is 0 Å². The first-order chi connectivity index (χ1) is 17.3. The number of halogens is 1. The van der Waals surface area contributed by atoms with Gasteiger partial charge in [0.1, 0.15) is 6.10 Å². The molecule has 204 valence electrons. The van der Waals surface area contributed by atoms with E-state index in [1.807, 2.05) is 71.9 Å². The van der Waals surface area contributed by atoms with Gasteiger partial charge in [0.15, 0.2) is 0 Å². The molecule has 0 heterocycles. The lowest BCUT2D eigenvalue weighted by atomic mass is 9.81. The van der Waals surface area contributed by atoms with Crippen LogP contribution in [0.3, 0.4) is 0 Å². The van der Waals surface area contributed by atoms with Gasteiger partial charge in [-0.3, -0.25) is 4.79 Å². The third-order valence-electron chi connectivity index (χ3n) is 6.09. The standard InChI is InChI=1S/C29H40ClNO6/c1-8-36-16-17-37-25(29(5,6)30)23(19-12-10-9-11-13-19)24(35-7)26(32)31-22-18-20(27(33)34)14-15-21(22)28(2,3)4/h9-15,18,23-25H,8,16-17H2,1-7H3,(H,31,32)(H,33,34). The summed E-state index contributed by atoms with van der Waals surface area (Å²) in [7, 11) is 1.47. The average Bonchev–Trinajstić information content (AvgIpc) is 2.82. The molecule has 0 radical (unpaired) electrons. The van der Waals surface area contributed by atoms with Gasteiger partial charge in [-0.15, -0.1) is 11.6 Å². The van der Waals surface area contributed by atoms with Crippen LogP contribution in [0.15, 0.2) is 48.5 Å². The van der Waals surface area contributed by atoms with Gasteiger partial charge in [-0.25, -0.2) is 4.79 Å². The maximum Gasteiger partial charge on any atom is 0.335 e. The van der Waals surface area contributed by atoms with Crippen molar-refractivity contribution in [1.29, 1.82) is 0 Å². The summed E-state index contributed by atoms with van der Waals surface area (Å²) in [4.78, 5) is 24.6. The number of carboxylic acids is 1. The summed E-state index contributed by atoms with van der Waals surface area (Å²) in [6.07, 6.45) is -1.60. The lowest BCUT2D eigenvalue weighted by Gasteiger charge is -2.38. The molecule has 0 aliphatic heterocycles. The molecule has 37 heavy (non-hydrogen) atoms. The van der Waals surface area contributed by atoms with E-state index in [0.29, 0.717) is 25.5 Å². The normalized spacial score (nSPS) is 14.6. The van der Waals surface area contributed by atoms with E-state index in [4.69, 9.17) is 25.8 Å². The molecule has 3 unspecified atom stereocenters. The molecule has 0 aliphatic carbocycles. The number of anilines is 1. The number of carbonyl (C=O) groups is 2. The highest BCUT2D eigenvalue weighted by atomic mass is 35.5. The predicted octanol–water partition coefficient (Wildman–Crippen LogP) is 5.86. The van der Waals surface area contributed by atoms with Gasteiger partial charge in [-0.05, 0) is 49.4 Å². The maximum atomic E-state index is 13.8. The second kappa shape index (κ2) is 13.4. The highest BCUT2D eigenvalue weighted by Crippen LogP contribution is 2.38. The largest absolute Gasteiger partial charge is 0.478 e. The summed E-state index contributed by atoms with van der Waals surface area (Å²) in [6.45, 7) is 12.8. The quantitative estimate of drug-likeness (QED) is 0.247. The lowest BCUT2D eigenvalue weighted by molar-refractivity contribution is -0.131. The number of amides is 1. The van der Waals surface area contributed by atoms with Crippen LogP contribution in [0.1, 0.15) is 68.9 Å². The van der Waals surface area contributed by atoms with E-state index in [9.17, 15) is 14.7 Å². The molecule has 3 atom stereocenters. The molecule has 0 aromatic heterocycles. The Hall–Kier alpha value is -2.45. The van der Waals surface area contributed by atoms with E-state index in [0.717, 1.165) is 11.1 Å². The monoisotopic (exact) mass is 533 g/mol. The molecule has 0 saturated carbocycles. The Balaban J connectivity index is 2.53. The molecular weight excluding hydrogens is 494 g/mol. The van der Waals surface area contributed by atoms with E-state index in [1.54, 1.807) is 6.07 Å². The Kier molecular flexibility index (Phi) is 11.1. The van der Waals surface area contributed by atoms with Crippen LogP contribution in [0, 0.1) is 0 Å². The molecule has 2 aromatic rings. The molecule has 7 nitrogen and oxygen atoms in total. The number of ether oxygens (including phenoxy) is 3. The third-order valence-corrected chi connectivity index (χ3v) is 6.30. The number of methoxy groups -OCH3 is 1. The van der Waals surface area contributed by atoms with Crippen LogP contribution in [0.5, 0.6) is 0 Å². The first-order valence-electron chi connectivity index (χ1n) is 12.5. The Morgan fingerprint density at radius 1 is 1.03 bits per heavy atom. The molecule has 2 aromatic carbocycles. The van der Waals surface area contributed by atoms with Crippen LogP contribution in [0.2, 0.25) is 0 Å². The number of benzene rings is 2. The minimum Gasteiger partial charge on any atom is -0.478 e. The number of hydrogen-bond acceptors (Lipinski definition) is 5. The number of carbonyl (C=O) groups excluding carboxylic acids is 1. The molecule has 2 rings (SSSR count). The van der Waals surface area contributed by atoms with Crippen molar-refractivity contribution in [1.82, 2.24) is 0 Å².